The van der Waals surface area contributed by atoms with Crippen molar-refractivity contribution in [2.75, 3.05) is 0 Å². The fraction of sp³-hybridized carbons (Fsp3) is 0.111. The lowest BCUT2D eigenvalue weighted by Gasteiger charge is -2.30. The second-order valence-corrected chi connectivity index (χ2v) is 12.3. The Labute approximate surface area is 237 Å². The summed E-state index contributed by atoms with van der Waals surface area (Å²) in [6, 6.07) is 19.6. The molecule has 1 aliphatic carbocycles. The van der Waals surface area contributed by atoms with E-state index in [4.69, 9.17) is 16.6 Å². The minimum Gasteiger partial charge on any atom is -0.506 e. The van der Waals surface area contributed by atoms with Gasteiger partial charge in [-0.1, -0.05) is 59.3 Å². The van der Waals surface area contributed by atoms with E-state index in [2.05, 4.69) is 63.4 Å². The Kier molecular flexibility index (Phi) is 6.14. The Morgan fingerprint density at radius 3 is 2.66 bits per heavy atom. The molecule has 1 aromatic heterocycles. The van der Waals surface area contributed by atoms with Gasteiger partial charge in [0, 0.05) is 19.7 Å². The first-order valence-corrected chi connectivity index (χ1v) is 14.3. The summed E-state index contributed by atoms with van der Waals surface area (Å²) in [4.78, 5) is 19.5. The number of phenolic OH excluding ortho intramolecular Hbond substituents is 1. The molecule has 0 spiro atoms. The summed E-state index contributed by atoms with van der Waals surface area (Å²) in [6.07, 6.45) is 3.52. The smallest absolute Gasteiger partial charge is 0.271 e. The summed E-state index contributed by atoms with van der Waals surface area (Å²) in [7, 11) is 0. The number of benzene rings is 3. The van der Waals surface area contributed by atoms with Gasteiger partial charge in [-0.05, 0) is 105 Å². The van der Waals surface area contributed by atoms with Crippen LogP contribution in [0, 0.1) is 7.14 Å². The van der Waals surface area contributed by atoms with Gasteiger partial charge in [0.25, 0.3) is 5.56 Å². The number of thiazole rings is 1. The summed E-state index contributed by atoms with van der Waals surface area (Å²) >= 11 is 11.9. The number of rotatable bonds is 2. The molecule has 0 radical (unpaired) electrons. The van der Waals surface area contributed by atoms with E-state index >= 15 is 0 Å². The molecule has 1 N–H and O–H groups in total. The van der Waals surface area contributed by atoms with Crippen LogP contribution in [0.1, 0.15) is 34.7 Å². The van der Waals surface area contributed by atoms with E-state index in [-0.39, 0.29) is 17.4 Å². The van der Waals surface area contributed by atoms with Gasteiger partial charge in [-0.3, -0.25) is 9.36 Å². The van der Waals surface area contributed by atoms with Crippen molar-refractivity contribution >= 4 is 79.9 Å². The van der Waals surface area contributed by atoms with Crippen LogP contribution in [0.15, 0.2) is 76.0 Å². The molecule has 0 fully saturated rings. The third-order valence-electron chi connectivity index (χ3n) is 6.40. The molecule has 0 saturated carbocycles. The van der Waals surface area contributed by atoms with Gasteiger partial charge in [0.2, 0.25) is 0 Å². The number of phenols is 1. The first kappa shape index (κ1) is 23.4. The molecule has 3 aromatic carbocycles. The van der Waals surface area contributed by atoms with E-state index in [9.17, 15) is 9.90 Å². The van der Waals surface area contributed by atoms with Crippen LogP contribution in [0.3, 0.4) is 0 Å². The maximum Gasteiger partial charge on any atom is 0.271 e. The number of allylic oxidation sites excluding steroid dienone is 1. The van der Waals surface area contributed by atoms with Crippen LogP contribution in [0.2, 0.25) is 5.02 Å². The number of hydrogen-bond acceptors (Lipinski definition) is 4. The van der Waals surface area contributed by atoms with Gasteiger partial charge >= 0.3 is 0 Å². The van der Waals surface area contributed by atoms with Gasteiger partial charge < -0.3 is 5.11 Å². The van der Waals surface area contributed by atoms with Gasteiger partial charge in [-0.2, -0.15) is 0 Å². The molecule has 0 unspecified atom stereocenters. The van der Waals surface area contributed by atoms with Crippen molar-refractivity contribution in [3.05, 3.63) is 120 Å². The summed E-state index contributed by atoms with van der Waals surface area (Å²) < 4.78 is 4.10. The highest BCUT2D eigenvalue weighted by atomic mass is 127. The molecule has 6 rings (SSSR count). The zero-order chi connectivity index (χ0) is 24.3. The maximum absolute atomic E-state index is 13.8. The molecule has 35 heavy (non-hydrogen) atoms. The summed E-state index contributed by atoms with van der Waals surface area (Å²) in [5, 5.41) is 11.3. The van der Waals surface area contributed by atoms with Crippen molar-refractivity contribution in [1.82, 2.24) is 4.57 Å². The molecule has 8 heteroatoms. The SMILES string of the molecule is O=c1/c(=C\c2cc(I)cc(I)c2O)sc2n1[C@@H](c1ccc(Cl)cc1)C1=C(N=2)c2ccccc2CC1. The van der Waals surface area contributed by atoms with Gasteiger partial charge in [-0.15, -0.1) is 0 Å². The normalized spacial score (nSPS) is 17.0. The number of aromatic hydroxyl groups is 1. The highest BCUT2D eigenvalue weighted by Gasteiger charge is 2.32. The molecule has 1 atom stereocenters. The van der Waals surface area contributed by atoms with Crippen molar-refractivity contribution in [2.45, 2.75) is 18.9 Å². The van der Waals surface area contributed by atoms with E-state index in [1.807, 2.05) is 47.0 Å². The third kappa shape index (κ3) is 4.10. The molecule has 174 valence electrons. The van der Waals surface area contributed by atoms with Crippen molar-refractivity contribution in [1.29, 1.82) is 0 Å². The van der Waals surface area contributed by atoms with Crippen molar-refractivity contribution < 1.29 is 5.11 Å². The van der Waals surface area contributed by atoms with Crippen LogP contribution in [0.5, 0.6) is 5.75 Å². The standard InChI is InChI=1S/C27H17ClI2N2O2S/c28-17-8-5-15(6-9-17)24-20-10-7-14-3-1-2-4-19(14)23(20)31-27-32(24)26(34)22(35-27)12-16-11-18(29)13-21(30)25(16)33/h1-6,8-9,11-13,24,33H,7,10H2/b22-12+/t24-/m0/s1. The minimum absolute atomic E-state index is 0.104. The lowest BCUT2D eigenvalue weighted by Crippen LogP contribution is -2.38. The molecule has 4 aromatic rings. The number of hydrogen-bond donors (Lipinski definition) is 1. The number of fused-ring (bicyclic) bond motifs is 3. The predicted octanol–water partition coefficient (Wildman–Crippen LogP) is 5.89. The zero-order valence-corrected chi connectivity index (χ0v) is 24.0. The molecule has 2 heterocycles. The molecule has 0 saturated heterocycles. The monoisotopic (exact) mass is 722 g/mol. The van der Waals surface area contributed by atoms with Crippen molar-refractivity contribution in [2.24, 2.45) is 4.99 Å². The van der Waals surface area contributed by atoms with Crippen LogP contribution in [-0.2, 0) is 6.42 Å². The van der Waals surface area contributed by atoms with Crippen molar-refractivity contribution in [3.8, 4) is 5.75 Å². The van der Waals surface area contributed by atoms with Gasteiger partial charge in [0.15, 0.2) is 4.80 Å². The van der Waals surface area contributed by atoms with Crippen LogP contribution in [-0.4, -0.2) is 9.67 Å². The quantitative estimate of drug-likeness (QED) is 0.263. The molecule has 2 aliphatic rings. The van der Waals surface area contributed by atoms with E-state index in [0.29, 0.717) is 19.9 Å². The zero-order valence-electron chi connectivity index (χ0n) is 18.1. The average molecular weight is 723 g/mol. The Balaban J connectivity index is 1.64. The summed E-state index contributed by atoms with van der Waals surface area (Å²) in [5.74, 6) is 0.180. The molecule has 0 amide bonds. The number of nitrogens with zero attached hydrogens (tertiary/aromatic N) is 2. The average Bonchev–Trinajstić information content (AvgIpc) is 3.16. The first-order chi connectivity index (χ1) is 16.9. The second kappa shape index (κ2) is 9.17. The predicted molar refractivity (Wildman–Crippen MR) is 158 cm³/mol. The van der Waals surface area contributed by atoms with Gasteiger partial charge in [0.05, 0.1) is 19.8 Å². The molecule has 0 bridgehead atoms. The van der Waals surface area contributed by atoms with Crippen LogP contribution in [0.25, 0.3) is 11.8 Å². The van der Waals surface area contributed by atoms with E-state index in [1.54, 1.807) is 6.08 Å². The van der Waals surface area contributed by atoms with E-state index < -0.39 is 0 Å². The van der Waals surface area contributed by atoms with E-state index in [0.717, 1.165) is 42.4 Å². The van der Waals surface area contributed by atoms with E-state index in [1.165, 1.54) is 16.9 Å². The third-order valence-corrected chi connectivity index (χ3v) is 9.08. The highest BCUT2D eigenvalue weighted by Crippen LogP contribution is 2.41. The number of aromatic nitrogens is 1. The Morgan fingerprint density at radius 2 is 1.86 bits per heavy atom. The summed E-state index contributed by atoms with van der Waals surface area (Å²) in [6.45, 7) is 0. The fourth-order valence-corrected chi connectivity index (χ4v) is 7.81. The minimum atomic E-state index is -0.251. The Bertz CT molecular complexity index is 1720. The lowest BCUT2D eigenvalue weighted by molar-refractivity contribution is 0.470. The largest absolute Gasteiger partial charge is 0.506 e. The Hall–Kier alpha value is -1.95. The molecular formula is C27H17ClI2N2O2S. The Morgan fingerprint density at radius 1 is 1.09 bits per heavy atom. The molecule has 1 aliphatic heterocycles. The fourth-order valence-electron chi connectivity index (χ4n) is 4.80. The second-order valence-electron chi connectivity index (χ2n) is 8.49. The van der Waals surface area contributed by atoms with Crippen LogP contribution < -0.4 is 14.9 Å². The van der Waals surface area contributed by atoms with Crippen LogP contribution >= 0.6 is 68.1 Å². The molecular weight excluding hydrogens is 706 g/mol. The van der Waals surface area contributed by atoms with Crippen molar-refractivity contribution in [3.63, 3.8) is 0 Å². The maximum atomic E-state index is 13.8. The summed E-state index contributed by atoms with van der Waals surface area (Å²) in [5.41, 5.74) is 6.06. The first-order valence-electron chi connectivity index (χ1n) is 11.0. The van der Waals surface area contributed by atoms with Gasteiger partial charge in [0.1, 0.15) is 5.75 Å². The highest BCUT2D eigenvalue weighted by molar-refractivity contribution is 14.1. The van der Waals surface area contributed by atoms with Gasteiger partial charge in [-0.25, -0.2) is 4.99 Å². The topological polar surface area (TPSA) is 54.6 Å². The molecule has 4 nitrogen and oxygen atoms in total. The van der Waals surface area contributed by atoms with Crippen LogP contribution in [0.4, 0.5) is 0 Å². The lowest BCUT2D eigenvalue weighted by atomic mass is 9.83. The number of halogens is 3. The number of aryl methyl sites for hydroxylation is 1.